The zero-order chi connectivity index (χ0) is 43.6. The molecule has 0 bridgehead atoms. The molecule has 11 aromatic carbocycles. The molecule has 1 atom stereocenters. The van der Waals surface area contributed by atoms with E-state index in [1.54, 1.807) is 0 Å². The van der Waals surface area contributed by atoms with Crippen LogP contribution in [-0.4, -0.2) is 0 Å². The molecule has 66 heavy (non-hydrogen) atoms. The molecule has 2 nitrogen and oxygen atoms in total. The van der Waals surface area contributed by atoms with Gasteiger partial charge < -0.3 is 9.32 Å². The first kappa shape index (κ1) is 38.3. The Morgan fingerprint density at radius 1 is 0.394 bits per heavy atom. The highest BCUT2D eigenvalue weighted by molar-refractivity contribution is 6.26. The van der Waals surface area contributed by atoms with Crippen molar-refractivity contribution in [2.75, 3.05) is 4.90 Å². The van der Waals surface area contributed by atoms with Crippen LogP contribution in [0.3, 0.4) is 0 Å². The molecule has 12 aromatic rings. The van der Waals surface area contributed by atoms with Gasteiger partial charge in [0.2, 0.25) is 0 Å². The minimum Gasteiger partial charge on any atom is -0.456 e. The van der Waals surface area contributed by atoms with Crippen molar-refractivity contribution in [3.05, 3.63) is 247 Å². The predicted molar refractivity (Wildman–Crippen MR) is 278 cm³/mol. The number of aryl methyl sites for hydroxylation is 1. The first-order chi connectivity index (χ1) is 32.7. The molecule has 1 aromatic heterocycles. The number of para-hydroxylation sites is 3. The van der Waals surface area contributed by atoms with Gasteiger partial charge >= 0.3 is 0 Å². The number of fused-ring (bicyclic) bond motifs is 12. The van der Waals surface area contributed by atoms with Gasteiger partial charge in [0.25, 0.3) is 0 Å². The lowest BCUT2D eigenvalue weighted by molar-refractivity contribution is 0.628. The third kappa shape index (κ3) is 6.32. The second-order valence-electron chi connectivity index (χ2n) is 17.9. The maximum absolute atomic E-state index is 6.83. The van der Waals surface area contributed by atoms with E-state index in [1.165, 1.54) is 87.8 Å². The van der Waals surface area contributed by atoms with Crippen LogP contribution in [0.15, 0.2) is 235 Å². The molecular formula is C64H45NO. The van der Waals surface area contributed by atoms with E-state index >= 15 is 0 Å². The van der Waals surface area contributed by atoms with Gasteiger partial charge in [0.1, 0.15) is 11.2 Å². The summed E-state index contributed by atoms with van der Waals surface area (Å²) in [5.41, 5.74) is 17.0. The zero-order valence-electron chi connectivity index (χ0n) is 36.5. The number of nitrogens with zero attached hydrogens (tertiary/aromatic N) is 1. The standard InChI is InChI=1S/C64H45NO/c1-4-17-42(18-5-1)39-44-31-32-46-41-60-64(56-27-14-15-30-59(56)66-60)63(45-35-38-55-53-25-11-10-23-51(53)52-24-12-13-26-54(52)58(55)40-45)62(46)57-29-16-28-50(61(44)57)43-33-36-49(37-34-43)65(47-19-6-2-7-20-47)48-21-8-3-9-22-48/h1-30,33-38,40-41,44H,31-32,39H2. The Bertz CT molecular complexity index is 3700. The van der Waals surface area contributed by atoms with Crippen molar-refractivity contribution in [3.63, 3.8) is 0 Å². The summed E-state index contributed by atoms with van der Waals surface area (Å²) in [7, 11) is 0. The van der Waals surface area contributed by atoms with E-state index in [2.05, 4.69) is 235 Å². The quantitative estimate of drug-likeness (QED) is 0.149. The maximum Gasteiger partial charge on any atom is 0.136 e. The average molecular weight is 844 g/mol. The van der Waals surface area contributed by atoms with Crippen LogP contribution in [0.5, 0.6) is 0 Å². The second kappa shape index (κ2) is 15.8. The summed E-state index contributed by atoms with van der Waals surface area (Å²) in [6, 6.07) is 84.7. The van der Waals surface area contributed by atoms with Gasteiger partial charge in [-0.1, -0.05) is 176 Å². The molecule has 0 amide bonds. The van der Waals surface area contributed by atoms with Crippen LogP contribution >= 0.6 is 0 Å². The molecule has 1 aliphatic carbocycles. The average Bonchev–Trinajstić information content (AvgIpc) is 3.68. The molecule has 0 saturated carbocycles. The van der Waals surface area contributed by atoms with Gasteiger partial charge in [0.15, 0.2) is 0 Å². The predicted octanol–water partition coefficient (Wildman–Crippen LogP) is 17.8. The molecule has 0 spiro atoms. The SMILES string of the molecule is c1ccc(CC2CCc3cc4oc5ccccc5c4c(-c4ccc5c6ccccc6c6ccccc6c5c4)c3-c3cccc(-c4ccc(N(c5ccccc5)c5ccccc5)cc4)c32)cc1. The van der Waals surface area contributed by atoms with Crippen LogP contribution in [-0.2, 0) is 12.8 Å². The van der Waals surface area contributed by atoms with E-state index in [0.717, 1.165) is 52.9 Å². The molecule has 0 radical (unpaired) electrons. The van der Waals surface area contributed by atoms with Gasteiger partial charge in [-0.2, -0.15) is 0 Å². The lowest BCUT2D eigenvalue weighted by atomic mass is 9.80. The van der Waals surface area contributed by atoms with Crippen molar-refractivity contribution in [2.24, 2.45) is 0 Å². The number of furan rings is 1. The number of anilines is 3. The normalized spacial score (nSPS) is 13.5. The Kier molecular flexibility index (Phi) is 9.16. The van der Waals surface area contributed by atoms with E-state index in [-0.39, 0.29) is 5.92 Å². The Hall–Kier alpha value is -8.20. The fourth-order valence-electron chi connectivity index (χ4n) is 11.2. The zero-order valence-corrected chi connectivity index (χ0v) is 36.5. The topological polar surface area (TPSA) is 16.4 Å². The first-order valence-electron chi connectivity index (χ1n) is 23.2. The van der Waals surface area contributed by atoms with E-state index in [1.807, 2.05) is 0 Å². The lowest BCUT2D eigenvalue weighted by Gasteiger charge is -2.26. The summed E-state index contributed by atoms with van der Waals surface area (Å²) in [5, 5.41) is 9.99. The van der Waals surface area contributed by atoms with E-state index < -0.39 is 0 Å². The molecule has 0 N–H and O–H groups in total. The molecule has 2 heteroatoms. The van der Waals surface area contributed by atoms with Gasteiger partial charge in [-0.15, -0.1) is 0 Å². The van der Waals surface area contributed by atoms with Crippen LogP contribution in [0, 0.1) is 0 Å². The third-order valence-corrected chi connectivity index (χ3v) is 14.1. The van der Waals surface area contributed by atoms with Gasteiger partial charge in [0.05, 0.1) is 0 Å². The highest BCUT2D eigenvalue weighted by Gasteiger charge is 2.30. The Labute approximate surface area is 384 Å². The monoisotopic (exact) mass is 843 g/mol. The van der Waals surface area contributed by atoms with Gasteiger partial charge in [-0.05, 0) is 157 Å². The minimum absolute atomic E-state index is 0.276. The number of hydrogen-bond donors (Lipinski definition) is 0. The summed E-state index contributed by atoms with van der Waals surface area (Å²) >= 11 is 0. The molecule has 1 aliphatic rings. The Morgan fingerprint density at radius 3 is 1.59 bits per heavy atom. The molecule has 0 fully saturated rings. The molecule has 13 rings (SSSR count). The fraction of sp³-hybridized carbons (Fsp3) is 0.0625. The third-order valence-electron chi connectivity index (χ3n) is 14.1. The van der Waals surface area contributed by atoms with E-state index in [0.29, 0.717) is 0 Å². The highest BCUT2D eigenvalue weighted by Crippen LogP contribution is 2.52. The molecular weight excluding hydrogens is 799 g/mol. The summed E-state index contributed by atoms with van der Waals surface area (Å²) in [6.07, 6.45) is 2.90. The van der Waals surface area contributed by atoms with Gasteiger partial charge in [0, 0.05) is 33.4 Å². The van der Waals surface area contributed by atoms with Crippen molar-refractivity contribution in [3.8, 4) is 33.4 Å². The fourth-order valence-corrected chi connectivity index (χ4v) is 11.2. The van der Waals surface area contributed by atoms with Crippen LogP contribution in [0.1, 0.15) is 29.0 Å². The highest BCUT2D eigenvalue weighted by atomic mass is 16.3. The molecule has 1 unspecified atom stereocenters. The summed E-state index contributed by atoms with van der Waals surface area (Å²) in [4.78, 5) is 2.34. The second-order valence-corrected chi connectivity index (χ2v) is 17.9. The molecule has 312 valence electrons. The van der Waals surface area contributed by atoms with Crippen LogP contribution in [0.4, 0.5) is 17.1 Å². The lowest BCUT2D eigenvalue weighted by Crippen LogP contribution is -2.09. The molecule has 0 saturated heterocycles. The maximum atomic E-state index is 6.83. The number of hydrogen-bond acceptors (Lipinski definition) is 2. The summed E-state index contributed by atoms with van der Waals surface area (Å²) in [6.45, 7) is 0. The number of benzene rings is 11. The molecule has 0 aliphatic heterocycles. The Morgan fingerprint density at radius 2 is 0.924 bits per heavy atom. The van der Waals surface area contributed by atoms with Gasteiger partial charge in [-0.25, -0.2) is 0 Å². The van der Waals surface area contributed by atoms with Crippen LogP contribution in [0.2, 0.25) is 0 Å². The van der Waals surface area contributed by atoms with Crippen molar-refractivity contribution >= 4 is 71.3 Å². The van der Waals surface area contributed by atoms with Crippen molar-refractivity contribution < 1.29 is 4.42 Å². The smallest absolute Gasteiger partial charge is 0.136 e. The van der Waals surface area contributed by atoms with E-state index in [4.69, 9.17) is 4.42 Å². The Balaban J connectivity index is 1.07. The summed E-state index contributed by atoms with van der Waals surface area (Å²) < 4.78 is 6.83. The minimum atomic E-state index is 0.276. The van der Waals surface area contributed by atoms with Crippen molar-refractivity contribution in [1.82, 2.24) is 0 Å². The first-order valence-corrected chi connectivity index (χ1v) is 23.2. The van der Waals surface area contributed by atoms with Crippen molar-refractivity contribution in [1.29, 1.82) is 0 Å². The largest absolute Gasteiger partial charge is 0.456 e. The summed E-state index contributed by atoms with van der Waals surface area (Å²) in [5.74, 6) is 0.276. The van der Waals surface area contributed by atoms with Crippen LogP contribution in [0.25, 0.3) is 87.6 Å². The number of rotatable bonds is 7. The van der Waals surface area contributed by atoms with E-state index in [9.17, 15) is 0 Å². The van der Waals surface area contributed by atoms with Crippen LogP contribution < -0.4 is 4.90 Å². The van der Waals surface area contributed by atoms with Crippen molar-refractivity contribution in [2.45, 2.75) is 25.2 Å². The molecule has 1 heterocycles. The van der Waals surface area contributed by atoms with Gasteiger partial charge in [-0.3, -0.25) is 0 Å².